The van der Waals surface area contributed by atoms with Crippen molar-refractivity contribution in [3.63, 3.8) is 0 Å². The fraction of sp³-hybridized carbons (Fsp3) is 0.500. The van der Waals surface area contributed by atoms with Gasteiger partial charge in [-0.15, -0.1) is 0 Å². The Morgan fingerprint density at radius 3 is 2.06 bits per heavy atom. The van der Waals surface area contributed by atoms with Gasteiger partial charge in [0.15, 0.2) is 0 Å². The second kappa shape index (κ2) is 5.07. The van der Waals surface area contributed by atoms with E-state index >= 15 is 0 Å². The first kappa shape index (κ1) is 12.6. The zero-order valence-corrected chi connectivity index (χ0v) is 10.4. The minimum atomic E-state index is -0.583. The number of anilines is 1. The maximum absolute atomic E-state index is 9.64. The summed E-state index contributed by atoms with van der Waals surface area (Å²) in [7, 11) is 7.06. The number of methoxy groups -OCH3 is 2. The van der Waals surface area contributed by atoms with E-state index < -0.39 is 6.10 Å². The van der Waals surface area contributed by atoms with Gasteiger partial charge in [0.1, 0.15) is 11.5 Å². The molecule has 4 nitrogen and oxygen atoms in total. The minimum absolute atomic E-state index is 0.583. The second-order valence-corrected chi connectivity index (χ2v) is 3.84. The first-order chi connectivity index (χ1) is 7.51. The molecule has 0 amide bonds. The van der Waals surface area contributed by atoms with E-state index in [4.69, 9.17) is 9.47 Å². The van der Waals surface area contributed by atoms with E-state index in [-0.39, 0.29) is 0 Å². The number of ether oxygens (including phenoxy) is 2. The van der Waals surface area contributed by atoms with Crippen LogP contribution in [0, 0.1) is 0 Å². The quantitative estimate of drug-likeness (QED) is 0.848. The molecule has 0 saturated heterocycles. The van der Waals surface area contributed by atoms with Crippen LogP contribution in [0.15, 0.2) is 12.1 Å². The molecule has 1 N–H and O–H groups in total. The zero-order valence-electron chi connectivity index (χ0n) is 10.4. The molecule has 1 atom stereocenters. The first-order valence-electron chi connectivity index (χ1n) is 5.12. The summed E-state index contributed by atoms with van der Waals surface area (Å²) in [6, 6.07) is 3.67. The Morgan fingerprint density at radius 1 is 1.12 bits per heavy atom. The lowest BCUT2D eigenvalue weighted by Crippen LogP contribution is -2.11. The van der Waals surface area contributed by atoms with Crippen molar-refractivity contribution >= 4 is 5.69 Å². The number of nitrogens with zero attached hydrogens (tertiary/aromatic N) is 1. The Morgan fingerprint density at radius 2 is 1.69 bits per heavy atom. The number of aliphatic hydroxyl groups excluding tert-OH is 1. The van der Waals surface area contributed by atoms with E-state index in [9.17, 15) is 5.11 Å². The normalized spacial score (nSPS) is 12.1. The van der Waals surface area contributed by atoms with Gasteiger partial charge in [0.05, 0.1) is 26.0 Å². The lowest BCUT2D eigenvalue weighted by molar-refractivity contribution is 0.194. The monoisotopic (exact) mass is 225 g/mol. The first-order valence-corrected chi connectivity index (χ1v) is 5.12. The number of rotatable bonds is 4. The third-order valence-electron chi connectivity index (χ3n) is 2.46. The smallest absolute Gasteiger partial charge is 0.142 e. The molecule has 1 rings (SSSR count). The maximum atomic E-state index is 9.64. The van der Waals surface area contributed by atoms with Crippen LogP contribution < -0.4 is 14.4 Å². The van der Waals surface area contributed by atoms with E-state index in [2.05, 4.69) is 0 Å². The van der Waals surface area contributed by atoms with Crippen LogP contribution in [0.1, 0.15) is 18.6 Å². The molecule has 90 valence electrons. The van der Waals surface area contributed by atoms with Crippen LogP contribution >= 0.6 is 0 Å². The van der Waals surface area contributed by atoms with E-state index in [0.29, 0.717) is 5.75 Å². The Balaban J connectivity index is 3.34. The van der Waals surface area contributed by atoms with Gasteiger partial charge in [0, 0.05) is 25.7 Å². The van der Waals surface area contributed by atoms with Crippen LogP contribution in [0.5, 0.6) is 11.5 Å². The van der Waals surface area contributed by atoms with Gasteiger partial charge in [-0.2, -0.15) is 0 Å². The molecule has 0 saturated carbocycles. The van der Waals surface area contributed by atoms with Crippen LogP contribution in [0.4, 0.5) is 5.69 Å². The molecule has 16 heavy (non-hydrogen) atoms. The molecule has 0 fully saturated rings. The van der Waals surface area contributed by atoms with Gasteiger partial charge < -0.3 is 19.5 Å². The Bertz CT molecular complexity index is 326. The topological polar surface area (TPSA) is 41.9 Å². The highest BCUT2D eigenvalue weighted by Crippen LogP contribution is 2.37. The Kier molecular flexibility index (Phi) is 4.01. The van der Waals surface area contributed by atoms with Crippen LogP contribution in [0.25, 0.3) is 0 Å². The third kappa shape index (κ3) is 2.39. The molecule has 0 aromatic heterocycles. The van der Waals surface area contributed by atoms with E-state index in [1.165, 1.54) is 0 Å². The number of aliphatic hydroxyl groups is 1. The molecule has 0 aliphatic rings. The van der Waals surface area contributed by atoms with Gasteiger partial charge >= 0.3 is 0 Å². The fourth-order valence-corrected chi connectivity index (χ4v) is 1.58. The van der Waals surface area contributed by atoms with Crippen molar-refractivity contribution in [2.45, 2.75) is 13.0 Å². The summed E-state index contributed by atoms with van der Waals surface area (Å²) in [6.07, 6.45) is -0.583. The zero-order chi connectivity index (χ0) is 12.3. The van der Waals surface area contributed by atoms with Gasteiger partial charge in [0.25, 0.3) is 0 Å². The molecule has 0 bridgehead atoms. The van der Waals surface area contributed by atoms with Gasteiger partial charge in [-0.05, 0) is 13.0 Å². The van der Waals surface area contributed by atoms with E-state index in [1.807, 2.05) is 25.1 Å². The minimum Gasteiger partial charge on any atom is -0.496 e. The summed E-state index contributed by atoms with van der Waals surface area (Å²) in [5, 5.41) is 9.64. The molecule has 1 unspecified atom stereocenters. The van der Waals surface area contributed by atoms with Gasteiger partial charge in [-0.3, -0.25) is 0 Å². The summed E-state index contributed by atoms with van der Waals surface area (Å²) >= 11 is 0. The van der Waals surface area contributed by atoms with Crippen LogP contribution in [0.3, 0.4) is 0 Å². The summed E-state index contributed by atoms with van der Waals surface area (Å²) in [5.41, 5.74) is 1.65. The molecule has 0 spiro atoms. The summed E-state index contributed by atoms with van der Waals surface area (Å²) in [5.74, 6) is 1.39. The highest BCUT2D eigenvalue weighted by molar-refractivity contribution is 5.63. The average Bonchev–Trinajstić information content (AvgIpc) is 2.26. The highest BCUT2D eigenvalue weighted by Gasteiger charge is 2.15. The maximum Gasteiger partial charge on any atom is 0.142 e. The van der Waals surface area contributed by atoms with Gasteiger partial charge in [0.2, 0.25) is 0 Å². The molecular formula is C12H19NO3. The van der Waals surface area contributed by atoms with Gasteiger partial charge in [-0.25, -0.2) is 0 Å². The number of hydrogen-bond donors (Lipinski definition) is 1. The molecule has 1 aromatic carbocycles. The standard InChI is InChI=1S/C12H19NO3/c1-8(14)9-6-12(16-5)10(13(2)3)7-11(9)15-4/h6-8,14H,1-5H3. The summed E-state index contributed by atoms with van der Waals surface area (Å²) in [4.78, 5) is 1.94. The third-order valence-corrected chi connectivity index (χ3v) is 2.46. The SMILES string of the molecule is COc1cc(N(C)C)c(OC)cc1C(C)O. The number of benzene rings is 1. The molecule has 4 heteroatoms. The van der Waals surface area contributed by atoms with Crippen LogP contribution in [-0.4, -0.2) is 33.4 Å². The van der Waals surface area contributed by atoms with Crippen LogP contribution in [0.2, 0.25) is 0 Å². The van der Waals surface area contributed by atoms with Gasteiger partial charge in [-0.1, -0.05) is 0 Å². The fourth-order valence-electron chi connectivity index (χ4n) is 1.58. The molecule has 0 aliphatic heterocycles. The lowest BCUT2D eigenvalue weighted by Gasteiger charge is -2.20. The van der Waals surface area contributed by atoms with Crippen molar-refractivity contribution in [1.29, 1.82) is 0 Å². The number of hydrogen-bond acceptors (Lipinski definition) is 4. The Labute approximate surface area is 96.4 Å². The predicted molar refractivity (Wildman–Crippen MR) is 64.5 cm³/mol. The molecular weight excluding hydrogens is 206 g/mol. The molecule has 0 heterocycles. The lowest BCUT2D eigenvalue weighted by atomic mass is 10.1. The van der Waals surface area contributed by atoms with Crippen molar-refractivity contribution in [3.8, 4) is 11.5 Å². The van der Waals surface area contributed by atoms with Crippen molar-refractivity contribution < 1.29 is 14.6 Å². The van der Waals surface area contributed by atoms with Crippen molar-refractivity contribution in [3.05, 3.63) is 17.7 Å². The van der Waals surface area contributed by atoms with Crippen molar-refractivity contribution in [2.24, 2.45) is 0 Å². The summed E-state index contributed by atoms with van der Waals surface area (Å²) in [6.45, 7) is 1.70. The summed E-state index contributed by atoms with van der Waals surface area (Å²) < 4.78 is 10.5. The average molecular weight is 225 g/mol. The Hall–Kier alpha value is -1.42. The molecule has 1 aromatic rings. The second-order valence-electron chi connectivity index (χ2n) is 3.84. The van der Waals surface area contributed by atoms with E-state index in [1.54, 1.807) is 27.2 Å². The van der Waals surface area contributed by atoms with Crippen molar-refractivity contribution in [1.82, 2.24) is 0 Å². The predicted octanol–water partition coefficient (Wildman–Crippen LogP) is 1.82. The van der Waals surface area contributed by atoms with E-state index in [0.717, 1.165) is 17.0 Å². The molecule has 0 radical (unpaired) electrons. The van der Waals surface area contributed by atoms with Crippen molar-refractivity contribution in [2.75, 3.05) is 33.2 Å². The van der Waals surface area contributed by atoms with Crippen LogP contribution in [-0.2, 0) is 0 Å². The molecule has 0 aliphatic carbocycles. The largest absolute Gasteiger partial charge is 0.496 e. The highest BCUT2D eigenvalue weighted by atomic mass is 16.5.